The molecule has 0 radical (unpaired) electrons. The Kier molecular flexibility index (Phi) is 4.33. The molecule has 0 spiro atoms. The Hall–Kier alpha value is -0.540. The largest absolute Gasteiger partial charge is 0.370 e. The molecule has 1 aromatic rings. The fourth-order valence-corrected chi connectivity index (χ4v) is 3.58. The maximum absolute atomic E-state index is 5.67. The minimum Gasteiger partial charge on any atom is -0.370 e. The van der Waals surface area contributed by atoms with Gasteiger partial charge < -0.3 is 10.6 Å². The summed E-state index contributed by atoms with van der Waals surface area (Å²) in [5.41, 5.74) is 8.69. The zero-order valence-electron chi connectivity index (χ0n) is 11.4. The highest BCUT2D eigenvalue weighted by Gasteiger charge is 2.35. The molecule has 1 heterocycles. The van der Waals surface area contributed by atoms with Crippen LogP contribution in [0.2, 0.25) is 0 Å². The van der Waals surface area contributed by atoms with Gasteiger partial charge in [-0.05, 0) is 58.3 Å². The Labute approximate surface area is 119 Å². The first-order valence-electron chi connectivity index (χ1n) is 6.87. The Bertz CT molecular complexity index is 413. The van der Waals surface area contributed by atoms with E-state index in [9.17, 15) is 0 Å². The maximum atomic E-state index is 5.67. The number of halogens is 1. The lowest BCUT2D eigenvalue weighted by Gasteiger charge is -2.27. The van der Waals surface area contributed by atoms with Crippen molar-refractivity contribution in [3.05, 3.63) is 28.2 Å². The number of nitrogens with zero attached hydrogens (tertiary/aromatic N) is 1. The third-order valence-corrected chi connectivity index (χ3v) is 5.16. The average molecular weight is 311 g/mol. The van der Waals surface area contributed by atoms with Gasteiger partial charge in [-0.25, -0.2) is 0 Å². The van der Waals surface area contributed by atoms with Crippen LogP contribution in [0.15, 0.2) is 22.7 Å². The van der Waals surface area contributed by atoms with Crippen molar-refractivity contribution in [2.75, 3.05) is 18.0 Å². The lowest BCUT2D eigenvalue weighted by molar-refractivity contribution is 0.301. The van der Waals surface area contributed by atoms with E-state index in [1.165, 1.54) is 48.1 Å². The highest BCUT2D eigenvalue weighted by molar-refractivity contribution is 9.10. The number of rotatable bonds is 4. The van der Waals surface area contributed by atoms with Crippen molar-refractivity contribution < 1.29 is 0 Å². The number of benzene rings is 1. The summed E-state index contributed by atoms with van der Waals surface area (Å²) in [5.74, 6) is 0. The van der Waals surface area contributed by atoms with Crippen molar-refractivity contribution in [1.82, 2.24) is 0 Å². The maximum Gasteiger partial charge on any atom is 0.0511 e. The molecular weight excluding hydrogens is 288 g/mol. The molecule has 0 aliphatic carbocycles. The van der Waals surface area contributed by atoms with E-state index in [-0.39, 0.29) is 0 Å². The summed E-state index contributed by atoms with van der Waals surface area (Å²) >= 11 is 3.68. The van der Waals surface area contributed by atoms with Crippen LogP contribution < -0.4 is 10.6 Å². The van der Waals surface area contributed by atoms with Gasteiger partial charge in [-0.2, -0.15) is 0 Å². The van der Waals surface area contributed by atoms with E-state index < -0.39 is 0 Å². The summed E-state index contributed by atoms with van der Waals surface area (Å²) in [7, 11) is 0. The van der Waals surface area contributed by atoms with Gasteiger partial charge in [0.05, 0.1) is 5.69 Å². The zero-order valence-corrected chi connectivity index (χ0v) is 13.0. The van der Waals surface area contributed by atoms with Gasteiger partial charge in [-0.1, -0.05) is 19.9 Å². The van der Waals surface area contributed by atoms with Crippen LogP contribution in [-0.2, 0) is 6.54 Å². The average Bonchev–Trinajstić information content (AvgIpc) is 2.83. The molecule has 3 heteroatoms. The van der Waals surface area contributed by atoms with Crippen LogP contribution >= 0.6 is 15.9 Å². The van der Waals surface area contributed by atoms with E-state index in [0.29, 0.717) is 12.0 Å². The van der Waals surface area contributed by atoms with E-state index in [2.05, 4.69) is 52.9 Å². The molecule has 100 valence electrons. The normalized spacial score (nSPS) is 18.3. The first kappa shape index (κ1) is 13.9. The smallest absolute Gasteiger partial charge is 0.0511 e. The van der Waals surface area contributed by atoms with Gasteiger partial charge in [0.2, 0.25) is 0 Å². The van der Waals surface area contributed by atoms with Crippen molar-refractivity contribution >= 4 is 21.6 Å². The number of anilines is 1. The predicted octanol–water partition coefficient (Wildman–Crippen LogP) is 3.92. The van der Waals surface area contributed by atoms with Crippen LogP contribution in [0.4, 0.5) is 5.69 Å². The first-order valence-corrected chi connectivity index (χ1v) is 7.67. The molecule has 1 aromatic carbocycles. The topological polar surface area (TPSA) is 29.3 Å². The Morgan fingerprint density at radius 2 is 2.06 bits per heavy atom. The van der Waals surface area contributed by atoms with Crippen molar-refractivity contribution in [1.29, 1.82) is 0 Å². The van der Waals surface area contributed by atoms with Crippen LogP contribution in [0.3, 0.4) is 0 Å². The zero-order chi connectivity index (χ0) is 13.2. The fourth-order valence-electron chi connectivity index (χ4n) is 2.90. The number of hydrogen-bond donors (Lipinski definition) is 1. The highest BCUT2D eigenvalue weighted by atomic mass is 79.9. The molecule has 0 amide bonds. The molecule has 1 aliphatic heterocycles. The molecule has 2 rings (SSSR count). The predicted molar refractivity (Wildman–Crippen MR) is 81.9 cm³/mol. The molecule has 0 saturated carbocycles. The van der Waals surface area contributed by atoms with Gasteiger partial charge >= 0.3 is 0 Å². The first-order chi connectivity index (χ1) is 8.64. The van der Waals surface area contributed by atoms with E-state index in [4.69, 9.17) is 5.73 Å². The Balaban J connectivity index is 2.19. The molecule has 1 saturated heterocycles. The molecule has 0 atom stereocenters. The van der Waals surface area contributed by atoms with Crippen LogP contribution in [0, 0.1) is 5.41 Å². The van der Waals surface area contributed by atoms with Gasteiger partial charge in [0.1, 0.15) is 0 Å². The van der Waals surface area contributed by atoms with E-state index in [1.807, 2.05) is 0 Å². The molecule has 2 nitrogen and oxygen atoms in total. The minimum absolute atomic E-state index is 0.520. The van der Waals surface area contributed by atoms with Crippen molar-refractivity contribution in [2.24, 2.45) is 11.1 Å². The monoisotopic (exact) mass is 310 g/mol. The molecule has 18 heavy (non-hydrogen) atoms. The second-order valence-corrected chi connectivity index (χ2v) is 6.22. The van der Waals surface area contributed by atoms with Gasteiger partial charge in [0.25, 0.3) is 0 Å². The van der Waals surface area contributed by atoms with E-state index >= 15 is 0 Å². The third kappa shape index (κ3) is 2.57. The van der Waals surface area contributed by atoms with Crippen LogP contribution in [0.5, 0.6) is 0 Å². The van der Waals surface area contributed by atoms with Gasteiger partial charge in [-0.3, -0.25) is 0 Å². The van der Waals surface area contributed by atoms with E-state index in [0.717, 1.165) is 0 Å². The molecular formula is C15H23BrN2. The highest BCUT2D eigenvalue weighted by Crippen LogP contribution is 2.40. The molecule has 1 fully saturated rings. The van der Waals surface area contributed by atoms with Gasteiger partial charge in [0, 0.05) is 24.1 Å². The summed E-state index contributed by atoms with van der Waals surface area (Å²) < 4.78 is 1.17. The van der Waals surface area contributed by atoms with Crippen molar-refractivity contribution in [3.63, 3.8) is 0 Å². The molecule has 0 bridgehead atoms. The summed E-state index contributed by atoms with van der Waals surface area (Å²) in [6.07, 6.45) is 3.86. The van der Waals surface area contributed by atoms with Gasteiger partial charge in [-0.15, -0.1) is 0 Å². The molecule has 0 unspecified atom stereocenters. The number of nitrogens with two attached hydrogens (primary N) is 1. The van der Waals surface area contributed by atoms with Crippen LogP contribution in [0.25, 0.3) is 0 Å². The quantitative estimate of drug-likeness (QED) is 0.913. The summed E-state index contributed by atoms with van der Waals surface area (Å²) in [6, 6.07) is 6.49. The molecule has 1 aliphatic rings. The summed E-state index contributed by atoms with van der Waals surface area (Å²) in [4.78, 5) is 2.51. The number of hydrogen-bond acceptors (Lipinski definition) is 2. The molecule has 0 aromatic heterocycles. The lowest BCUT2D eigenvalue weighted by atomic mass is 9.82. The Morgan fingerprint density at radius 3 is 2.56 bits per heavy atom. The Morgan fingerprint density at radius 1 is 1.33 bits per heavy atom. The second kappa shape index (κ2) is 5.62. The van der Waals surface area contributed by atoms with Crippen molar-refractivity contribution in [3.8, 4) is 0 Å². The molecule has 2 N–H and O–H groups in total. The van der Waals surface area contributed by atoms with Crippen molar-refractivity contribution in [2.45, 2.75) is 39.7 Å². The third-order valence-electron chi connectivity index (χ3n) is 4.53. The van der Waals surface area contributed by atoms with Crippen LogP contribution in [0.1, 0.15) is 38.7 Å². The van der Waals surface area contributed by atoms with E-state index in [1.54, 1.807) is 0 Å². The van der Waals surface area contributed by atoms with Gasteiger partial charge in [0.15, 0.2) is 0 Å². The minimum atomic E-state index is 0.520. The summed E-state index contributed by atoms with van der Waals surface area (Å²) in [5, 5.41) is 0. The standard InChI is InChI=1S/C15H23BrN2/c1-3-15(4-2)7-8-18(11-15)14-6-5-12(10-17)9-13(14)16/h5-6,9H,3-4,7-8,10-11,17H2,1-2H3. The van der Waals surface area contributed by atoms with Crippen LogP contribution in [-0.4, -0.2) is 13.1 Å². The lowest BCUT2D eigenvalue weighted by Crippen LogP contribution is -2.26. The fraction of sp³-hybridized carbons (Fsp3) is 0.600. The summed E-state index contributed by atoms with van der Waals surface area (Å²) in [6.45, 7) is 7.59. The SMILES string of the molecule is CCC1(CC)CCN(c2ccc(CN)cc2Br)C1. The second-order valence-electron chi connectivity index (χ2n) is 5.37.